The second-order valence-electron chi connectivity index (χ2n) is 9.47. The van der Waals surface area contributed by atoms with Gasteiger partial charge in [0.25, 0.3) is 0 Å². The Bertz CT molecular complexity index is 693. The van der Waals surface area contributed by atoms with Crippen molar-refractivity contribution < 1.29 is 24.5 Å². The molecule has 0 radical (unpaired) electrons. The number of phenolic OH excluding ortho intramolecular Hbond substituents is 1. The number of amides is 1. The Morgan fingerprint density at radius 3 is 2.45 bits per heavy atom. The molecule has 1 amide bonds. The summed E-state index contributed by atoms with van der Waals surface area (Å²) in [5.41, 5.74) is 0.444. The van der Waals surface area contributed by atoms with E-state index in [9.17, 15) is 15.0 Å². The third-order valence-electron chi connectivity index (χ3n) is 6.02. The first-order chi connectivity index (χ1) is 13.7. The smallest absolute Gasteiger partial charge is 0.410 e. The van der Waals surface area contributed by atoms with Crippen molar-refractivity contribution in [3.8, 4) is 5.75 Å². The maximum Gasteiger partial charge on any atom is 0.410 e. The molecule has 1 unspecified atom stereocenters. The number of phenols is 1. The van der Waals surface area contributed by atoms with E-state index < -0.39 is 17.8 Å². The molecule has 1 saturated heterocycles. The number of likely N-dealkylation sites (tertiary alicyclic amines) is 1. The summed E-state index contributed by atoms with van der Waals surface area (Å²) in [6.45, 7) is 7.78. The van der Waals surface area contributed by atoms with Crippen LogP contribution in [-0.4, -0.2) is 57.7 Å². The summed E-state index contributed by atoms with van der Waals surface area (Å²) in [7, 11) is 0. The summed E-state index contributed by atoms with van der Waals surface area (Å²) >= 11 is 0. The van der Waals surface area contributed by atoms with Crippen molar-refractivity contribution in [1.29, 1.82) is 0 Å². The molecule has 2 fully saturated rings. The predicted octanol–water partition coefficient (Wildman–Crippen LogP) is 4.19. The van der Waals surface area contributed by atoms with E-state index in [0.29, 0.717) is 24.7 Å². The maximum atomic E-state index is 12.6. The number of aromatic hydroxyl groups is 1. The van der Waals surface area contributed by atoms with Crippen LogP contribution in [0.25, 0.3) is 0 Å². The van der Waals surface area contributed by atoms with Crippen LogP contribution in [0.15, 0.2) is 24.3 Å². The molecule has 29 heavy (non-hydrogen) atoms. The van der Waals surface area contributed by atoms with Crippen LogP contribution in [0.2, 0.25) is 0 Å². The van der Waals surface area contributed by atoms with Crippen LogP contribution in [0.1, 0.15) is 71.3 Å². The number of aliphatic hydroxyl groups is 1. The van der Waals surface area contributed by atoms with E-state index in [1.165, 1.54) is 0 Å². The molecule has 1 saturated carbocycles. The van der Waals surface area contributed by atoms with Crippen LogP contribution in [0.3, 0.4) is 0 Å². The van der Waals surface area contributed by atoms with Gasteiger partial charge in [0.05, 0.1) is 24.9 Å². The van der Waals surface area contributed by atoms with Crippen LogP contribution in [0.5, 0.6) is 5.75 Å². The van der Waals surface area contributed by atoms with Gasteiger partial charge >= 0.3 is 6.09 Å². The van der Waals surface area contributed by atoms with E-state index in [1.807, 2.05) is 45.9 Å². The number of ether oxygens (including phenoxy) is 2. The maximum absolute atomic E-state index is 12.6. The van der Waals surface area contributed by atoms with Crippen LogP contribution in [-0.2, 0) is 9.47 Å². The number of aliphatic hydroxyl groups excluding tert-OH is 1. The summed E-state index contributed by atoms with van der Waals surface area (Å²) in [5.74, 6) is 0.722. The molecule has 162 valence electrons. The van der Waals surface area contributed by atoms with E-state index >= 15 is 0 Å². The number of carbonyl (C=O) groups excluding carboxylic acids is 1. The van der Waals surface area contributed by atoms with Gasteiger partial charge < -0.3 is 19.7 Å². The normalized spacial score (nSPS) is 30.4. The van der Waals surface area contributed by atoms with Crippen molar-refractivity contribution in [2.45, 2.75) is 95.6 Å². The van der Waals surface area contributed by atoms with Crippen molar-refractivity contribution in [3.63, 3.8) is 0 Å². The first-order valence-corrected chi connectivity index (χ1v) is 10.7. The molecular formula is C23H35NO5. The van der Waals surface area contributed by atoms with E-state index in [2.05, 4.69) is 0 Å². The summed E-state index contributed by atoms with van der Waals surface area (Å²) < 4.78 is 11.7. The Balaban J connectivity index is 1.53. The van der Waals surface area contributed by atoms with Gasteiger partial charge in [0.15, 0.2) is 0 Å². The van der Waals surface area contributed by atoms with Crippen molar-refractivity contribution in [2.75, 3.05) is 6.61 Å². The number of benzene rings is 1. The van der Waals surface area contributed by atoms with Gasteiger partial charge in [-0.25, -0.2) is 4.79 Å². The Labute approximate surface area is 173 Å². The Hall–Kier alpha value is -1.79. The minimum Gasteiger partial charge on any atom is -0.508 e. The van der Waals surface area contributed by atoms with E-state index in [1.54, 1.807) is 11.0 Å². The highest BCUT2D eigenvalue weighted by atomic mass is 16.6. The Kier molecular flexibility index (Phi) is 6.74. The van der Waals surface area contributed by atoms with E-state index in [4.69, 9.17) is 9.47 Å². The summed E-state index contributed by atoms with van der Waals surface area (Å²) in [5, 5.41) is 20.6. The van der Waals surface area contributed by atoms with Crippen LogP contribution >= 0.6 is 0 Å². The van der Waals surface area contributed by atoms with Crippen molar-refractivity contribution >= 4 is 6.09 Å². The summed E-state index contributed by atoms with van der Waals surface area (Å²) in [6, 6.07) is 7.09. The quantitative estimate of drug-likeness (QED) is 0.785. The lowest BCUT2D eigenvalue weighted by Crippen LogP contribution is -2.47. The van der Waals surface area contributed by atoms with Gasteiger partial charge in [-0.1, -0.05) is 18.2 Å². The van der Waals surface area contributed by atoms with E-state index in [0.717, 1.165) is 31.2 Å². The molecule has 3 atom stereocenters. The lowest BCUT2D eigenvalue weighted by Gasteiger charge is -2.34. The molecule has 0 aromatic heterocycles. The van der Waals surface area contributed by atoms with Crippen LogP contribution in [0, 0.1) is 0 Å². The fourth-order valence-corrected chi connectivity index (χ4v) is 4.56. The highest BCUT2D eigenvalue weighted by molar-refractivity contribution is 5.69. The first-order valence-electron chi connectivity index (χ1n) is 10.7. The van der Waals surface area contributed by atoms with Crippen LogP contribution in [0.4, 0.5) is 4.79 Å². The molecule has 0 spiro atoms. The van der Waals surface area contributed by atoms with Gasteiger partial charge in [-0.05, 0) is 77.3 Å². The standard InChI is InChI=1S/C23H35NO5/c1-15-13-21(26)19(24(15)22(27)29-23(2,3)4)14-28-17-11-9-16(10-12-17)18-7-5-6-8-20(18)25/h5-8,15-17,19,21,25-26H,9-14H2,1-4H3/t15?,16?,17?,19-,21+/m0/s1. The molecule has 2 N–H and O–H groups in total. The van der Waals surface area contributed by atoms with Crippen LogP contribution < -0.4 is 0 Å². The second-order valence-corrected chi connectivity index (χ2v) is 9.47. The highest BCUT2D eigenvalue weighted by Gasteiger charge is 2.43. The molecule has 1 aromatic carbocycles. The lowest BCUT2D eigenvalue weighted by molar-refractivity contribution is -0.0371. The number of nitrogens with zero attached hydrogens (tertiary/aromatic N) is 1. The molecule has 2 aliphatic rings. The SMILES string of the molecule is CC1C[C@@H](O)[C@H](COC2CCC(c3ccccc3O)CC2)N1C(=O)OC(C)(C)C. The molecule has 1 aliphatic heterocycles. The van der Waals surface area contributed by atoms with E-state index in [-0.39, 0.29) is 18.2 Å². The molecule has 0 bridgehead atoms. The fourth-order valence-electron chi connectivity index (χ4n) is 4.56. The zero-order valence-corrected chi connectivity index (χ0v) is 18.0. The fraction of sp³-hybridized carbons (Fsp3) is 0.696. The molecule has 6 heteroatoms. The Morgan fingerprint density at radius 1 is 1.17 bits per heavy atom. The van der Waals surface area contributed by atoms with Gasteiger partial charge in [0.1, 0.15) is 11.4 Å². The van der Waals surface area contributed by atoms with Crippen molar-refractivity contribution in [2.24, 2.45) is 0 Å². The third-order valence-corrected chi connectivity index (χ3v) is 6.02. The molecule has 1 heterocycles. The van der Waals surface area contributed by atoms with Gasteiger partial charge in [-0.15, -0.1) is 0 Å². The predicted molar refractivity (Wildman–Crippen MR) is 111 cm³/mol. The first kappa shape index (κ1) is 21.9. The molecular weight excluding hydrogens is 370 g/mol. The third kappa shape index (κ3) is 5.43. The monoisotopic (exact) mass is 405 g/mol. The minimum absolute atomic E-state index is 0.0785. The van der Waals surface area contributed by atoms with Crippen molar-refractivity contribution in [1.82, 2.24) is 4.90 Å². The van der Waals surface area contributed by atoms with Crippen molar-refractivity contribution in [3.05, 3.63) is 29.8 Å². The molecule has 3 rings (SSSR count). The molecule has 6 nitrogen and oxygen atoms in total. The molecule has 1 aromatic rings. The average Bonchev–Trinajstić information content (AvgIpc) is 2.93. The van der Waals surface area contributed by atoms with Gasteiger partial charge in [0, 0.05) is 6.04 Å². The zero-order valence-electron chi connectivity index (χ0n) is 18.0. The molecule has 1 aliphatic carbocycles. The largest absolute Gasteiger partial charge is 0.508 e. The highest BCUT2D eigenvalue weighted by Crippen LogP contribution is 2.38. The Morgan fingerprint density at radius 2 is 1.83 bits per heavy atom. The topological polar surface area (TPSA) is 79.2 Å². The number of rotatable bonds is 4. The number of hydrogen-bond acceptors (Lipinski definition) is 5. The second kappa shape index (κ2) is 8.92. The average molecular weight is 406 g/mol. The van der Waals surface area contributed by atoms with Gasteiger partial charge in [-0.2, -0.15) is 0 Å². The minimum atomic E-state index is -0.602. The summed E-state index contributed by atoms with van der Waals surface area (Å²) in [4.78, 5) is 14.3. The number of hydrogen-bond donors (Lipinski definition) is 2. The zero-order chi connectivity index (χ0) is 21.2. The number of para-hydroxylation sites is 1. The van der Waals surface area contributed by atoms with Gasteiger partial charge in [0.2, 0.25) is 0 Å². The lowest BCUT2D eigenvalue weighted by atomic mass is 9.82. The number of carbonyl (C=O) groups is 1. The van der Waals surface area contributed by atoms with Gasteiger partial charge in [-0.3, -0.25) is 4.90 Å². The summed E-state index contributed by atoms with van der Waals surface area (Å²) in [6.07, 6.45) is 3.39.